The number of hydrogen-bond acceptors (Lipinski definition) is 6. The molecule has 3 aliphatic heterocycles. The number of fused-ring (bicyclic) bond motifs is 1. The van der Waals surface area contributed by atoms with Crippen molar-refractivity contribution in [1.82, 2.24) is 24.9 Å². The van der Waals surface area contributed by atoms with Gasteiger partial charge in [0.1, 0.15) is 5.82 Å². The number of nitrogens with one attached hydrogen (secondary N) is 1. The first-order valence-electron chi connectivity index (χ1n) is 9.15. The Labute approximate surface area is 167 Å². The summed E-state index contributed by atoms with van der Waals surface area (Å²) < 4.78 is 14.4. The third-order valence-corrected chi connectivity index (χ3v) is 5.87. The first kappa shape index (κ1) is 18.9. The maximum atomic E-state index is 14.4. The molecule has 8 nitrogen and oxygen atoms in total. The van der Waals surface area contributed by atoms with Crippen LogP contribution in [-0.4, -0.2) is 90.0 Å². The van der Waals surface area contributed by atoms with E-state index in [1.54, 1.807) is 24.1 Å². The summed E-state index contributed by atoms with van der Waals surface area (Å²) in [5, 5.41) is 2.65. The number of carbonyl (C=O) groups excluding carboxylic acids is 2. The lowest BCUT2D eigenvalue weighted by Gasteiger charge is -2.39. The third-order valence-electron chi connectivity index (χ3n) is 5.52. The Kier molecular flexibility index (Phi) is 4.88. The Balaban J connectivity index is 1.70. The number of urea groups is 1. The molecule has 3 amide bonds. The number of rotatable bonds is 2. The average Bonchev–Trinajstić information content (AvgIpc) is 3.03. The first-order chi connectivity index (χ1) is 13.4. The Hall–Kier alpha value is -2.39. The van der Waals surface area contributed by atoms with Crippen LogP contribution in [0.3, 0.4) is 0 Å². The fourth-order valence-electron chi connectivity index (χ4n) is 3.80. The van der Waals surface area contributed by atoms with Gasteiger partial charge >= 0.3 is 6.03 Å². The summed E-state index contributed by atoms with van der Waals surface area (Å²) >= 11 is 6.23. The highest BCUT2D eigenvalue weighted by atomic mass is 35.5. The van der Waals surface area contributed by atoms with Crippen LogP contribution in [0.5, 0.6) is 0 Å². The lowest BCUT2D eigenvalue weighted by Crippen LogP contribution is -2.64. The first-order valence-corrected chi connectivity index (χ1v) is 9.53. The molecule has 2 saturated heterocycles. The van der Waals surface area contributed by atoms with Crippen LogP contribution in [0.1, 0.15) is 5.56 Å². The molecule has 0 aliphatic carbocycles. The Bertz CT molecular complexity index is 821. The van der Waals surface area contributed by atoms with E-state index < -0.39 is 30.0 Å². The molecule has 0 bridgehead atoms. The molecular formula is C18H22ClFN6O2. The monoisotopic (exact) mass is 408 g/mol. The highest BCUT2D eigenvalue weighted by Gasteiger charge is 2.50. The van der Waals surface area contributed by atoms with E-state index in [-0.39, 0.29) is 6.54 Å². The molecular weight excluding hydrogens is 387 g/mol. The van der Waals surface area contributed by atoms with Gasteiger partial charge in [0.05, 0.1) is 6.54 Å². The molecule has 1 aromatic rings. The van der Waals surface area contributed by atoms with Crippen molar-refractivity contribution in [2.45, 2.75) is 18.8 Å². The predicted molar refractivity (Wildman–Crippen MR) is 102 cm³/mol. The zero-order chi connectivity index (χ0) is 20.0. The number of carbonyl (C=O) groups is 2. The minimum Gasteiger partial charge on any atom is -0.340 e. The number of benzene rings is 1. The molecule has 2 atom stereocenters. The quantitative estimate of drug-likeness (QED) is 0.783. The number of aliphatic imine (C=N–C) groups is 1. The van der Waals surface area contributed by atoms with Crippen molar-refractivity contribution in [3.05, 3.63) is 34.6 Å². The summed E-state index contributed by atoms with van der Waals surface area (Å²) in [6, 6.07) is 3.30. The van der Waals surface area contributed by atoms with Gasteiger partial charge in [0.2, 0.25) is 0 Å². The average molecular weight is 409 g/mol. The molecule has 150 valence electrons. The molecule has 2 unspecified atom stereocenters. The lowest BCUT2D eigenvalue weighted by molar-refractivity contribution is -0.127. The van der Waals surface area contributed by atoms with Crippen LogP contribution < -0.4 is 5.32 Å². The van der Waals surface area contributed by atoms with Gasteiger partial charge < -0.3 is 19.6 Å². The van der Waals surface area contributed by atoms with Gasteiger partial charge in [0.15, 0.2) is 18.2 Å². The van der Waals surface area contributed by atoms with Gasteiger partial charge in [-0.25, -0.2) is 14.2 Å². The number of piperazine rings is 1. The second-order valence-electron chi connectivity index (χ2n) is 7.31. The van der Waals surface area contributed by atoms with Crippen molar-refractivity contribution < 1.29 is 14.0 Å². The Morgan fingerprint density at radius 3 is 2.61 bits per heavy atom. The summed E-state index contributed by atoms with van der Waals surface area (Å²) in [6.07, 6.45) is -0.651. The maximum absolute atomic E-state index is 14.4. The fourth-order valence-corrected chi connectivity index (χ4v) is 4.03. The predicted octanol–water partition coefficient (Wildman–Crippen LogP) is 0.774. The molecule has 3 aliphatic rings. The molecule has 0 radical (unpaired) electrons. The Morgan fingerprint density at radius 1 is 1.21 bits per heavy atom. The van der Waals surface area contributed by atoms with E-state index >= 15 is 0 Å². The van der Waals surface area contributed by atoms with Crippen LogP contribution >= 0.6 is 11.6 Å². The van der Waals surface area contributed by atoms with Gasteiger partial charge in [-0.2, -0.15) is 0 Å². The molecule has 0 spiro atoms. The summed E-state index contributed by atoms with van der Waals surface area (Å²) in [7, 11) is 3.65. The summed E-state index contributed by atoms with van der Waals surface area (Å²) in [6.45, 7) is 3.26. The number of hydrogen-bond donors (Lipinski definition) is 1. The van der Waals surface area contributed by atoms with E-state index in [0.717, 1.165) is 26.2 Å². The molecule has 1 N–H and O–H groups in total. The summed E-state index contributed by atoms with van der Waals surface area (Å²) in [5.74, 6) is -0.276. The van der Waals surface area contributed by atoms with E-state index in [2.05, 4.69) is 15.1 Å². The van der Waals surface area contributed by atoms with Crippen molar-refractivity contribution in [1.29, 1.82) is 0 Å². The van der Waals surface area contributed by atoms with Crippen molar-refractivity contribution in [3.8, 4) is 0 Å². The van der Waals surface area contributed by atoms with Crippen LogP contribution in [0.4, 0.5) is 9.18 Å². The molecule has 4 rings (SSSR count). The van der Waals surface area contributed by atoms with Crippen molar-refractivity contribution >= 4 is 29.5 Å². The zero-order valence-corrected chi connectivity index (χ0v) is 16.5. The van der Waals surface area contributed by atoms with E-state index in [1.807, 2.05) is 7.05 Å². The second-order valence-corrected chi connectivity index (χ2v) is 7.72. The smallest absolute Gasteiger partial charge is 0.325 e. The Morgan fingerprint density at radius 2 is 1.93 bits per heavy atom. The van der Waals surface area contributed by atoms with Crippen LogP contribution in [0, 0.1) is 5.82 Å². The van der Waals surface area contributed by atoms with Crippen molar-refractivity contribution in [2.24, 2.45) is 4.99 Å². The normalized spacial score (nSPS) is 25.7. The highest BCUT2D eigenvalue weighted by molar-refractivity contribution is 6.31. The number of nitrogens with zero attached hydrogens (tertiary/aromatic N) is 5. The second kappa shape index (κ2) is 7.21. The molecule has 3 heterocycles. The van der Waals surface area contributed by atoms with E-state index in [0.29, 0.717) is 16.5 Å². The number of likely N-dealkylation sites (N-methyl/N-ethyl adjacent to an activating group) is 2. The molecule has 0 saturated carbocycles. The standard InChI is InChI=1S/C18H22ClFN6O2/c1-23-6-8-25(9-7-23)17-21-15-14(16(27)22-18(28)24(15)2)26(17)10-11-12(19)4-3-5-13(11)20/h3-5,14-15H,6-10H2,1-2H3,(H,22,27,28). The van der Waals surface area contributed by atoms with E-state index in [9.17, 15) is 14.0 Å². The SMILES string of the molecule is CN1CCN(C2=NC3C(C(=O)NC(=O)N3C)N2Cc2c(F)cccc2Cl)CC1. The van der Waals surface area contributed by atoms with Gasteiger partial charge in [-0.15, -0.1) is 0 Å². The van der Waals surface area contributed by atoms with Gasteiger partial charge in [0, 0.05) is 43.8 Å². The highest BCUT2D eigenvalue weighted by Crippen LogP contribution is 2.30. The van der Waals surface area contributed by atoms with Crippen LogP contribution in [0.2, 0.25) is 5.02 Å². The number of imide groups is 1. The number of guanidine groups is 1. The fraction of sp³-hybridized carbons (Fsp3) is 0.500. The zero-order valence-electron chi connectivity index (χ0n) is 15.7. The minimum atomic E-state index is -0.729. The number of amides is 3. The van der Waals surface area contributed by atoms with Gasteiger partial charge in [-0.3, -0.25) is 10.1 Å². The van der Waals surface area contributed by atoms with Crippen molar-refractivity contribution in [2.75, 3.05) is 40.3 Å². The summed E-state index contributed by atoms with van der Waals surface area (Å²) in [4.78, 5) is 36.9. The summed E-state index contributed by atoms with van der Waals surface area (Å²) in [5.41, 5.74) is 0.305. The lowest BCUT2D eigenvalue weighted by atomic mass is 10.1. The van der Waals surface area contributed by atoms with Gasteiger partial charge in [-0.05, 0) is 19.2 Å². The minimum absolute atomic E-state index is 0.0906. The topological polar surface area (TPSA) is 71.5 Å². The largest absolute Gasteiger partial charge is 0.340 e. The molecule has 2 fully saturated rings. The molecule has 10 heteroatoms. The van der Waals surface area contributed by atoms with E-state index in [4.69, 9.17) is 16.6 Å². The molecule has 28 heavy (non-hydrogen) atoms. The van der Waals surface area contributed by atoms with Crippen LogP contribution in [0.15, 0.2) is 23.2 Å². The van der Waals surface area contributed by atoms with Crippen LogP contribution in [-0.2, 0) is 11.3 Å². The van der Waals surface area contributed by atoms with E-state index in [1.165, 1.54) is 11.0 Å². The third kappa shape index (κ3) is 3.18. The number of halogens is 2. The molecule has 0 aromatic heterocycles. The van der Waals surface area contributed by atoms with Crippen LogP contribution in [0.25, 0.3) is 0 Å². The maximum Gasteiger partial charge on any atom is 0.325 e. The van der Waals surface area contributed by atoms with Crippen molar-refractivity contribution in [3.63, 3.8) is 0 Å². The molecule has 1 aromatic carbocycles. The van der Waals surface area contributed by atoms with Gasteiger partial charge in [-0.1, -0.05) is 17.7 Å². The van der Waals surface area contributed by atoms with Gasteiger partial charge in [0.25, 0.3) is 5.91 Å².